The van der Waals surface area contributed by atoms with Crippen LogP contribution in [0.1, 0.15) is 64.1 Å². The molecule has 0 heterocycles. The first-order valence-corrected chi connectivity index (χ1v) is 8.13. The minimum atomic E-state index is 0.291. The third-order valence-electron chi connectivity index (χ3n) is 6.20. The van der Waals surface area contributed by atoms with Crippen LogP contribution >= 0.6 is 0 Å². The van der Waals surface area contributed by atoms with Crippen molar-refractivity contribution in [1.29, 1.82) is 5.26 Å². The summed E-state index contributed by atoms with van der Waals surface area (Å²) in [6.07, 6.45) is 4.10. The van der Waals surface area contributed by atoms with E-state index in [1.54, 1.807) is 0 Å². The Morgan fingerprint density at radius 3 is 2.71 bits per heavy atom. The van der Waals surface area contributed by atoms with Gasteiger partial charge in [0.15, 0.2) is 0 Å². The fourth-order valence-electron chi connectivity index (χ4n) is 4.94. The van der Waals surface area contributed by atoms with Crippen molar-refractivity contribution in [2.45, 2.75) is 59.0 Å². The maximum atomic E-state index is 9.07. The maximum Gasteiger partial charge on any atom is 0.0991 e. The third kappa shape index (κ3) is 2.28. The molecule has 1 N–H and O–H groups in total. The Labute approximate surface area is 128 Å². The third-order valence-corrected chi connectivity index (χ3v) is 6.20. The molecule has 0 radical (unpaired) electrons. The van der Waals surface area contributed by atoms with Crippen LogP contribution in [0.4, 0.5) is 0 Å². The molecule has 1 aromatic rings. The molecule has 3 rings (SSSR count). The molecule has 0 spiro atoms. The van der Waals surface area contributed by atoms with E-state index < -0.39 is 0 Å². The van der Waals surface area contributed by atoms with Crippen LogP contribution in [-0.2, 0) is 0 Å². The fraction of sp³-hybridized carbons (Fsp3) is 0.632. The molecular formula is C19H26N2. The van der Waals surface area contributed by atoms with Crippen LogP contribution in [0.3, 0.4) is 0 Å². The summed E-state index contributed by atoms with van der Waals surface area (Å²) in [6, 6.07) is 11.1. The molecule has 4 atom stereocenters. The second kappa shape index (κ2) is 4.85. The second-order valence-corrected chi connectivity index (χ2v) is 7.97. The minimum Gasteiger partial charge on any atom is -0.306 e. The number of nitrogens with zero attached hydrogens (tertiary/aromatic N) is 1. The summed E-state index contributed by atoms with van der Waals surface area (Å²) >= 11 is 0. The minimum absolute atomic E-state index is 0.291. The monoisotopic (exact) mass is 282 g/mol. The lowest BCUT2D eigenvalue weighted by molar-refractivity contribution is 0.100. The van der Waals surface area contributed by atoms with Gasteiger partial charge in [-0.1, -0.05) is 32.9 Å². The molecule has 0 amide bonds. The van der Waals surface area contributed by atoms with Crippen LogP contribution in [0.2, 0.25) is 0 Å². The Kier molecular flexibility index (Phi) is 3.37. The number of fused-ring (bicyclic) bond motifs is 2. The van der Waals surface area contributed by atoms with Crippen molar-refractivity contribution >= 4 is 0 Å². The van der Waals surface area contributed by atoms with Crippen molar-refractivity contribution in [2.75, 3.05) is 0 Å². The highest BCUT2D eigenvalue weighted by molar-refractivity contribution is 5.34. The number of hydrogen-bond acceptors (Lipinski definition) is 2. The maximum absolute atomic E-state index is 9.07. The van der Waals surface area contributed by atoms with E-state index in [-0.39, 0.29) is 0 Å². The van der Waals surface area contributed by atoms with Crippen molar-refractivity contribution in [3.63, 3.8) is 0 Å². The van der Waals surface area contributed by atoms with Gasteiger partial charge in [0.05, 0.1) is 11.6 Å². The van der Waals surface area contributed by atoms with E-state index in [9.17, 15) is 0 Å². The average molecular weight is 282 g/mol. The highest BCUT2D eigenvalue weighted by Gasteiger charge is 2.59. The summed E-state index contributed by atoms with van der Waals surface area (Å²) in [5.41, 5.74) is 2.78. The summed E-state index contributed by atoms with van der Waals surface area (Å²) in [6.45, 7) is 9.54. The molecule has 2 aliphatic rings. The predicted octanol–water partition coefficient (Wildman–Crippen LogP) is 4.42. The van der Waals surface area contributed by atoms with Crippen LogP contribution in [0.15, 0.2) is 24.3 Å². The molecule has 112 valence electrons. The quantitative estimate of drug-likeness (QED) is 0.890. The lowest BCUT2D eigenvalue weighted by Gasteiger charge is -2.44. The van der Waals surface area contributed by atoms with Crippen LogP contribution in [0.5, 0.6) is 0 Å². The van der Waals surface area contributed by atoms with E-state index in [2.05, 4.69) is 45.1 Å². The zero-order valence-electron chi connectivity index (χ0n) is 13.6. The zero-order valence-corrected chi connectivity index (χ0v) is 13.6. The van der Waals surface area contributed by atoms with Crippen molar-refractivity contribution in [1.82, 2.24) is 5.32 Å². The Morgan fingerprint density at radius 2 is 2.10 bits per heavy atom. The van der Waals surface area contributed by atoms with Gasteiger partial charge in [0.25, 0.3) is 0 Å². The lowest BCUT2D eigenvalue weighted by atomic mass is 9.68. The lowest BCUT2D eigenvalue weighted by Crippen LogP contribution is -2.50. The fourth-order valence-corrected chi connectivity index (χ4v) is 4.94. The molecule has 4 unspecified atom stereocenters. The summed E-state index contributed by atoms with van der Waals surface area (Å²) in [7, 11) is 0. The van der Waals surface area contributed by atoms with Crippen LogP contribution < -0.4 is 5.32 Å². The molecule has 0 aliphatic heterocycles. The van der Waals surface area contributed by atoms with Gasteiger partial charge in [0, 0.05) is 12.1 Å². The molecular weight excluding hydrogens is 256 g/mol. The van der Waals surface area contributed by atoms with Crippen LogP contribution in [0, 0.1) is 28.1 Å². The smallest absolute Gasteiger partial charge is 0.0991 e. The SMILES string of the molecule is CC(NC1C2(C)CCC(C2)C1(C)C)c1cccc(C#N)c1. The molecule has 2 heteroatoms. The van der Waals surface area contributed by atoms with Gasteiger partial charge in [-0.2, -0.15) is 5.26 Å². The highest BCUT2D eigenvalue weighted by atomic mass is 15.0. The van der Waals surface area contributed by atoms with E-state index in [4.69, 9.17) is 5.26 Å². The average Bonchev–Trinajstić information content (AvgIpc) is 2.94. The largest absolute Gasteiger partial charge is 0.306 e. The van der Waals surface area contributed by atoms with E-state index in [0.29, 0.717) is 22.9 Å². The van der Waals surface area contributed by atoms with Gasteiger partial charge in [-0.05, 0) is 60.6 Å². The Balaban J connectivity index is 1.81. The van der Waals surface area contributed by atoms with E-state index >= 15 is 0 Å². The summed E-state index contributed by atoms with van der Waals surface area (Å²) in [4.78, 5) is 0. The first-order valence-electron chi connectivity index (χ1n) is 8.13. The van der Waals surface area contributed by atoms with Crippen molar-refractivity contribution in [3.05, 3.63) is 35.4 Å². The van der Waals surface area contributed by atoms with E-state index in [1.165, 1.54) is 24.8 Å². The predicted molar refractivity (Wildman–Crippen MR) is 85.7 cm³/mol. The standard InChI is InChI=1S/C19H26N2/c1-13(15-7-5-6-14(10-15)12-20)21-17-18(2,3)16-8-9-19(17,4)11-16/h5-7,10,13,16-17,21H,8-9,11H2,1-4H3. The number of nitrogens with one attached hydrogen (secondary N) is 1. The normalized spacial score (nSPS) is 34.6. The Hall–Kier alpha value is -1.33. The molecule has 1 aromatic carbocycles. The molecule has 2 saturated carbocycles. The van der Waals surface area contributed by atoms with E-state index in [1.807, 2.05) is 18.2 Å². The summed E-state index contributed by atoms with van der Waals surface area (Å²) in [5.74, 6) is 0.859. The number of rotatable bonds is 3. The molecule has 0 saturated heterocycles. The number of benzene rings is 1. The van der Waals surface area contributed by atoms with Gasteiger partial charge < -0.3 is 5.32 Å². The molecule has 21 heavy (non-hydrogen) atoms. The topological polar surface area (TPSA) is 35.8 Å². The Bertz CT molecular complexity index is 579. The van der Waals surface area contributed by atoms with Gasteiger partial charge >= 0.3 is 0 Å². The van der Waals surface area contributed by atoms with Gasteiger partial charge in [-0.3, -0.25) is 0 Å². The molecule has 2 bridgehead atoms. The van der Waals surface area contributed by atoms with Gasteiger partial charge in [0.1, 0.15) is 0 Å². The molecule has 0 aromatic heterocycles. The second-order valence-electron chi connectivity index (χ2n) is 7.97. The molecule has 2 fully saturated rings. The first kappa shape index (κ1) is 14.6. The van der Waals surface area contributed by atoms with Crippen LogP contribution in [0.25, 0.3) is 0 Å². The van der Waals surface area contributed by atoms with Crippen molar-refractivity contribution < 1.29 is 0 Å². The zero-order chi connectivity index (χ0) is 15.3. The molecule has 2 nitrogen and oxygen atoms in total. The first-order chi connectivity index (χ1) is 9.87. The van der Waals surface area contributed by atoms with E-state index in [0.717, 1.165) is 11.5 Å². The highest BCUT2D eigenvalue weighted by Crippen LogP contribution is 2.62. The summed E-state index contributed by atoms with van der Waals surface area (Å²) < 4.78 is 0. The number of nitriles is 1. The van der Waals surface area contributed by atoms with Crippen molar-refractivity contribution in [3.8, 4) is 6.07 Å². The van der Waals surface area contributed by atoms with Crippen molar-refractivity contribution in [2.24, 2.45) is 16.7 Å². The van der Waals surface area contributed by atoms with Gasteiger partial charge in [-0.15, -0.1) is 0 Å². The molecule has 2 aliphatic carbocycles. The number of hydrogen-bond donors (Lipinski definition) is 1. The summed E-state index contributed by atoms with van der Waals surface area (Å²) in [5, 5.41) is 13.0. The Morgan fingerprint density at radius 1 is 1.33 bits per heavy atom. The van der Waals surface area contributed by atoms with Gasteiger partial charge in [0.2, 0.25) is 0 Å². The van der Waals surface area contributed by atoms with Gasteiger partial charge in [-0.25, -0.2) is 0 Å². The van der Waals surface area contributed by atoms with Crippen LogP contribution in [-0.4, -0.2) is 6.04 Å².